The van der Waals surface area contributed by atoms with Crippen LogP contribution in [0, 0.1) is 6.92 Å². The Morgan fingerprint density at radius 2 is 2.05 bits per heavy atom. The van der Waals surface area contributed by atoms with Crippen LogP contribution in [0.15, 0.2) is 33.4 Å². The van der Waals surface area contributed by atoms with E-state index in [-0.39, 0.29) is 4.90 Å². The molecule has 1 N–H and O–H groups in total. The van der Waals surface area contributed by atoms with Crippen LogP contribution in [0.5, 0.6) is 5.75 Å². The number of rotatable bonds is 7. The molecule has 2 aromatic rings. The van der Waals surface area contributed by atoms with E-state index in [0.717, 1.165) is 9.90 Å². The summed E-state index contributed by atoms with van der Waals surface area (Å²) in [5.74, 6) is 1.25. The number of aromatic nitrogens is 2. The molecule has 0 spiro atoms. The van der Waals surface area contributed by atoms with Gasteiger partial charge in [0.25, 0.3) is 0 Å². The highest BCUT2D eigenvalue weighted by molar-refractivity contribution is 8.01. The van der Waals surface area contributed by atoms with Crippen molar-refractivity contribution < 1.29 is 13.2 Å². The summed E-state index contributed by atoms with van der Waals surface area (Å²) in [5.41, 5.74) is 0.878. The summed E-state index contributed by atoms with van der Waals surface area (Å²) < 4.78 is 36.6. The van der Waals surface area contributed by atoms with Crippen LogP contribution < -0.4 is 9.46 Å². The number of ether oxygens (including phenoxy) is 1. The van der Waals surface area contributed by atoms with E-state index in [1.54, 1.807) is 23.9 Å². The lowest BCUT2D eigenvalue weighted by atomic mass is 10.3. The summed E-state index contributed by atoms with van der Waals surface area (Å²) in [6.45, 7) is 2.23. The molecule has 1 heterocycles. The average molecular weight is 345 g/mol. The van der Waals surface area contributed by atoms with Crippen molar-refractivity contribution in [2.24, 2.45) is 0 Å². The number of nitrogens with one attached hydrogen (secondary N) is 1. The van der Waals surface area contributed by atoms with Crippen LogP contribution in [0.4, 0.5) is 0 Å². The topological polar surface area (TPSA) is 81.2 Å². The fraction of sp³-hybridized carbons (Fsp3) is 0.333. The molecule has 0 saturated carbocycles. The molecule has 0 radical (unpaired) electrons. The first-order chi connectivity index (χ1) is 10.0. The Morgan fingerprint density at radius 1 is 1.33 bits per heavy atom. The lowest BCUT2D eigenvalue weighted by molar-refractivity contribution is 0.414. The SMILES string of the molecule is COc1ccc(S(=O)(=O)NCCSc2snnc2C)cc1. The molecule has 21 heavy (non-hydrogen) atoms. The third-order valence-corrected chi connectivity index (χ3v) is 6.25. The first kappa shape index (κ1) is 16.2. The van der Waals surface area contributed by atoms with Gasteiger partial charge in [0.05, 0.1) is 17.7 Å². The summed E-state index contributed by atoms with van der Waals surface area (Å²) in [7, 11) is -1.95. The van der Waals surface area contributed by atoms with Gasteiger partial charge in [0.1, 0.15) is 9.96 Å². The van der Waals surface area contributed by atoms with Crippen LogP contribution in [0.3, 0.4) is 0 Å². The van der Waals surface area contributed by atoms with E-state index < -0.39 is 10.0 Å². The number of benzene rings is 1. The molecular formula is C12H15N3O3S3. The van der Waals surface area contributed by atoms with Gasteiger partial charge in [0.15, 0.2) is 0 Å². The highest BCUT2D eigenvalue weighted by atomic mass is 32.2. The minimum Gasteiger partial charge on any atom is -0.497 e. The quantitative estimate of drug-likeness (QED) is 0.610. The number of sulfonamides is 1. The van der Waals surface area contributed by atoms with Gasteiger partial charge in [-0.2, -0.15) is 0 Å². The van der Waals surface area contributed by atoms with Crippen LogP contribution in [-0.4, -0.2) is 37.4 Å². The second kappa shape index (κ2) is 7.21. The Hall–Kier alpha value is -1.16. The van der Waals surface area contributed by atoms with Gasteiger partial charge in [-0.15, -0.1) is 16.9 Å². The average Bonchev–Trinajstić information content (AvgIpc) is 2.89. The number of methoxy groups -OCH3 is 1. The predicted octanol–water partition coefficient (Wildman–Crippen LogP) is 1.93. The molecule has 0 amide bonds. The maximum absolute atomic E-state index is 12.1. The number of aryl methyl sites for hydroxylation is 1. The molecule has 0 aliphatic carbocycles. The third kappa shape index (κ3) is 4.40. The zero-order valence-corrected chi connectivity index (χ0v) is 14.0. The number of nitrogens with zero attached hydrogens (tertiary/aromatic N) is 2. The summed E-state index contributed by atoms with van der Waals surface area (Å²) in [6.07, 6.45) is 0. The normalized spacial score (nSPS) is 11.5. The fourth-order valence-corrected chi connectivity index (χ4v) is 4.29. The minimum atomic E-state index is -3.48. The van der Waals surface area contributed by atoms with E-state index in [4.69, 9.17) is 4.74 Å². The zero-order chi connectivity index (χ0) is 15.3. The molecule has 6 nitrogen and oxygen atoms in total. The smallest absolute Gasteiger partial charge is 0.240 e. The maximum atomic E-state index is 12.1. The van der Waals surface area contributed by atoms with Crippen LogP contribution in [-0.2, 0) is 10.0 Å². The second-order valence-corrected chi connectivity index (χ2v) is 7.95. The Labute approximate surface area is 132 Å². The van der Waals surface area contributed by atoms with Gasteiger partial charge in [0.2, 0.25) is 10.0 Å². The van der Waals surface area contributed by atoms with E-state index >= 15 is 0 Å². The van der Waals surface area contributed by atoms with Gasteiger partial charge < -0.3 is 4.74 Å². The third-order valence-electron chi connectivity index (χ3n) is 2.61. The molecule has 9 heteroatoms. The molecule has 0 saturated heterocycles. The Balaban J connectivity index is 1.87. The molecule has 0 fully saturated rings. The highest BCUT2D eigenvalue weighted by Gasteiger charge is 2.13. The standard InChI is InChI=1S/C12H15N3O3S3/c1-9-12(20-15-14-9)19-8-7-13-21(16,17)11-5-3-10(18-2)4-6-11/h3-6,13H,7-8H2,1-2H3. The van der Waals surface area contributed by atoms with E-state index in [0.29, 0.717) is 18.0 Å². The van der Waals surface area contributed by atoms with Crippen molar-refractivity contribution in [3.8, 4) is 5.75 Å². The summed E-state index contributed by atoms with van der Waals surface area (Å²) in [6, 6.07) is 6.28. The molecule has 0 bridgehead atoms. The van der Waals surface area contributed by atoms with Crippen LogP contribution >= 0.6 is 23.3 Å². The van der Waals surface area contributed by atoms with Crippen LogP contribution in [0.2, 0.25) is 0 Å². The van der Waals surface area contributed by atoms with Gasteiger partial charge in [-0.1, -0.05) is 4.49 Å². The van der Waals surface area contributed by atoms with E-state index in [9.17, 15) is 8.42 Å². The molecule has 0 unspecified atom stereocenters. The van der Waals surface area contributed by atoms with E-state index in [1.807, 2.05) is 6.92 Å². The van der Waals surface area contributed by atoms with Crippen molar-refractivity contribution in [3.05, 3.63) is 30.0 Å². The molecule has 114 valence electrons. The summed E-state index contributed by atoms with van der Waals surface area (Å²) in [4.78, 5) is 0.226. The summed E-state index contributed by atoms with van der Waals surface area (Å²) in [5, 5.41) is 3.91. The lowest BCUT2D eigenvalue weighted by Crippen LogP contribution is -2.25. The number of hydrogen-bond donors (Lipinski definition) is 1. The van der Waals surface area contributed by atoms with Crippen molar-refractivity contribution in [1.82, 2.24) is 14.3 Å². The molecule has 2 rings (SSSR count). The van der Waals surface area contributed by atoms with Gasteiger partial charge in [0, 0.05) is 12.3 Å². The maximum Gasteiger partial charge on any atom is 0.240 e. The van der Waals surface area contributed by atoms with Gasteiger partial charge in [-0.25, -0.2) is 13.1 Å². The second-order valence-electron chi connectivity index (χ2n) is 4.07. The van der Waals surface area contributed by atoms with Crippen molar-refractivity contribution in [3.63, 3.8) is 0 Å². The van der Waals surface area contributed by atoms with Gasteiger partial charge >= 0.3 is 0 Å². The molecule has 0 aliphatic rings. The largest absolute Gasteiger partial charge is 0.497 e. The number of hydrogen-bond acceptors (Lipinski definition) is 7. The zero-order valence-electron chi connectivity index (χ0n) is 11.6. The van der Waals surface area contributed by atoms with Crippen molar-refractivity contribution in [2.75, 3.05) is 19.4 Å². The fourth-order valence-electron chi connectivity index (χ4n) is 1.51. The van der Waals surface area contributed by atoms with E-state index in [2.05, 4.69) is 14.3 Å². The molecule has 1 aromatic heterocycles. The Morgan fingerprint density at radius 3 is 2.62 bits per heavy atom. The molecule has 0 atom stereocenters. The Kier molecular flexibility index (Phi) is 5.57. The minimum absolute atomic E-state index is 0.226. The molecule has 1 aromatic carbocycles. The Bertz CT molecular complexity index is 683. The number of thioether (sulfide) groups is 1. The lowest BCUT2D eigenvalue weighted by Gasteiger charge is -2.07. The van der Waals surface area contributed by atoms with Crippen molar-refractivity contribution >= 4 is 33.3 Å². The van der Waals surface area contributed by atoms with Crippen LogP contribution in [0.1, 0.15) is 5.69 Å². The van der Waals surface area contributed by atoms with Gasteiger partial charge in [-0.05, 0) is 42.7 Å². The van der Waals surface area contributed by atoms with Crippen molar-refractivity contribution in [2.45, 2.75) is 16.0 Å². The first-order valence-electron chi connectivity index (χ1n) is 6.08. The molecule has 0 aliphatic heterocycles. The monoisotopic (exact) mass is 345 g/mol. The van der Waals surface area contributed by atoms with Crippen molar-refractivity contribution in [1.29, 1.82) is 0 Å². The molecular weight excluding hydrogens is 330 g/mol. The highest BCUT2D eigenvalue weighted by Crippen LogP contribution is 2.23. The van der Waals surface area contributed by atoms with E-state index in [1.165, 1.54) is 30.8 Å². The van der Waals surface area contributed by atoms with Gasteiger partial charge in [-0.3, -0.25) is 0 Å². The van der Waals surface area contributed by atoms with Crippen LogP contribution in [0.25, 0.3) is 0 Å². The summed E-state index contributed by atoms with van der Waals surface area (Å²) >= 11 is 2.86. The predicted molar refractivity (Wildman–Crippen MR) is 83.6 cm³/mol. The first-order valence-corrected chi connectivity index (χ1v) is 9.32.